The van der Waals surface area contributed by atoms with Crippen LogP contribution in [0.3, 0.4) is 0 Å². The van der Waals surface area contributed by atoms with Gasteiger partial charge in [0, 0.05) is 12.6 Å². The molecule has 0 unspecified atom stereocenters. The van der Waals surface area contributed by atoms with Gasteiger partial charge >= 0.3 is 6.09 Å². The fourth-order valence-electron chi connectivity index (χ4n) is 2.23. The quantitative estimate of drug-likeness (QED) is 0.311. The van der Waals surface area contributed by atoms with E-state index in [4.69, 9.17) is 14.3 Å². The first kappa shape index (κ1) is 19.1. The second-order valence-corrected chi connectivity index (χ2v) is 5.34. The van der Waals surface area contributed by atoms with Crippen molar-refractivity contribution in [2.75, 3.05) is 25.7 Å². The van der Waals surface area contributed by atoms with Gasteiger partial charge in [0.05, 0.1) is 19.0 Å². The molecular weight excluding hydrogens is 332 g/mol. The van der Waals surface area contributed by atoms with E-state index in [1.807, 2.05) is 48.5 Å². The molecule has 0 aromatic heterocycles. The molecule has 0 atom stereocenters. The normalized spacial score (nSPS) is 10.4. The highest BCUT2D eigenvalue weighted by Crippen LogP contribution is 2.22. The number of methoxy groups -OCH3 is 1. The van der Waals surface area contributed by atoms with Crippen LogP contribution in [0.1, 0.15) is 11.1 Å². The van der Waals surface area contributed by atoms with E-state index in [9.17, 15) is 4.79 Å². The molecule has 0 spiro atoms. The molecule has 0 aliphatic carbocycles. The van der Waals surface area contributed by atoms with Crippen LogP contribution >= 0.6 is 0 Å². The summed E-state index contributed by atoms with van der Waals surface area (Å²) >= 11 is 0. The summed E-state index contributed by atoms with van der Waals surface area (Å²) in [6, 6.07) is 15.0. The fraction of sp³-hybridized carbons (Fsp3) is 0.200. The number of carbonyl (C=O) groups is 1. The SMILES string of the molecule is C=CCO/N=C/c1cccc(OCc2ccccc2N(C)C(=O)OC)c1. The number of anilines is 1. The molecule has 0 bridgehead atoms. The molecule has 0 aliphatic heterocycles. The van der Waals surface area contributed by atoms with Crippen molar-refractivity contribution in [2.45, 2.75) is 6.61 Å². The molecule has 0 fully saturated rings. The lowest BCUT2D eigenvalue weighted by Crippen LogP contribution is -2.27. The summed E-state index contributed by atoms with van der Waals surface area (Å²) in [5.74, 6) is 0.688. The van der Waals surface area contributed by atoms with Crippen molar-refractivity contribution in [3.05, 3.63) is 72.3 Å². The van der Waals surface area contributed by atoms with Gasteiger partial charge in [0.15, 0.2) is 0 Å². The van der Waals surface area contributed by atoms with E-state index in [0.717, 1.165) is 16.8 Å². The average molecular weight is 354 g/mol. The number of ether oxygens (including phenoxy) is 2. The number of carbonyl (C=O) groups excluding carboxylic acids is 1. The second kappa shape index (κ2) is 9.88. The second-order valence-electron chi connectivity index (χ2n) is 5.34. The minimum absolute atomic E-state index is 0.311. The Bertz CT molecular complexity index is 774. The molecule has 1 amide bonds. The first-order valence-corrected chi connectivity index (χ1v) is 8.04. The van der Waals surface area contributed by atoms with Crippen molar-refractivity contribution in [3.63, 3.8) is 0 Å². The molecule has 0 heterocycles. The standard InChI is InChI=1S/C20H22N2O4/c1-4-12-26-21-14-16-8-7-10-18(13-16)25-15-17-9-5-6-11-19(17)22(2)20(23)24-3/h4-11,13-14H,1,12,15H2,2-3H3/b21-14+. The van der Waals surface area contributed by atoms with E-state index in [1.54, 1.807) is 19.3 Å². The maximum absolute atomic E-state index is 11.8. The van der Waals surface area contributed by atoms with Crippen molar-refractivity contribution in [1.29, 1.82) is 0 Å². The van der Waals surface area contributed by atoms with Crippen molar-refractivity contribution < 1.29 is 19.1 Å². The van der Waals surface area contributed by atoms with Gasteiger partial charge in [-0.2, -0.15) is 0 Å². The minimum Gasteiger partial charge on any atom is -0.489 e. The van der Waals surface area contributed by atoms with Gasteiger partial charge in [-0.15, -0.1) is 0 Å². The van der Waals surface area contributed by atoms with E-state index < -0.39 is 6.09 Å². The van der Waals surface area contributed by atoms with Gasteiger partial charge in [0.1, 0.15) is 19.0 Å². The maximum atomic E-state index is 11.8. The lowest BCUT2D eigenvalue weighted by atomic mass is 10.1. The number of hydrogen-bond acceptors (Lipinski definition) is 5. The van der Waals surface area contributed by atoms with Gasteiger partial charge in [0.2, 0.25) is 0 Å². The third-order valence-electron chi connectivity index (χ3n) is 3.52. The highest BCUT2D eigenvalue weighted by molar-refractivity contribution is 5.87. The summed E-state index contributed by atoms with van der Waals surface area (Å²) in [5.41, 5.74) is 2.45. The van der Waals surface area contributed by atoms with Gasteiger partial charge in [0.25, 0.3) is 0 Å². The van der Waals surface area contributed by atoms with Crippen LogP contribution in [0.15, 0.2) is 66.3 Å². The van der Waals surface area contributed by atoms with Gasteiger partial charge in [-0.05, 0) is 23.8 Å². The molecule has 2 aromatic carbocycles. The van der Waals surface area contributed by atoms with Crippen LogP contribution < -0.4 is 9.64 Å². The molecule has 6 heteroatoms. The van der Waals surface area contributed by atoms with Gasteiger partial charge < -0.3 is 14.3 Å². The van der Waals surface area contributed by atoms with Crippen molar-refractivity contribution >= 4 is 18.0 Å². The average Bonchev–Trinajstić information content (AvgIpc) is 2.69. The largest absolute Gasteiger partial charge is 0.489 e. The molecule has 0 saturated heterocycles. The van der Waals surface area contributed by atoms with E-state index in [0.29, 0.717) is 19.0 Å². The van der Waals surface area contributed by atoms with Crippen LogP contribution in [0.5, 0.6) is 5.75 Å². The third-order valence-corrected chi connectivity index (χ3v) is 3.52. The number of para-hydroxylation sites is 1. The van der Waals surface area contributed by atoms with Crippen molar-refractivity contribution in [2.24, 2.45) is 5.16 Å². The van der Waals surface area contributed by atoms with Crippen LogP contribution in [0.25, 0.3) is 0 Å². The van der Waals surface area contributed by atoms with Crippen LogP contribution in [-0.2, 0) is 16.2 Å². The van der Waals surface area contributed by atoms with E-state index in [1.165, 1.54) is 12.0 Å². The van der Waals surface area contributed by atoms with E-state index in [2.05, 4.69) is 11.7 Å². The molecule has 2 rings (SSSR count). The zero-order chi connectivity index (χ0) is 18.8. The molecule has 0 N–H and O–H groups in total. The Kier molecular flexibility index (Phi) is 7.24. The molecule has 2 aromatic rings. The molecule has 0 saturated carbocycles. The lowest BCUT2D eigenvalue weighted by Gasteiger charge is -2.19. The highest BCUT2D eigenvalue weighted by atomic mass is 16.6. The summed E-state index contributed by atoms with van der Waals surface area (Å²) in [6.45, 7) is 4.23. The number of hydrogen-bond donors (Lipinski definition) is 0. The van der Waals surface area contributed by atoms with E-state index >= 15 is 0 Å². The van der Waals surface area contributed by atoms with E-state index in [-0.39, 0.29) is 0 Å². The highest BCUT2D eigenvalue weighted by Gasteiger charge is 2.14. The number of rotatable bonds is 8. The van der Waals surface area contributed by atoms with Crippen molar-refractivity contribution in [3.8, 4) is 5.75 Å². The number of oxime groups is 1. The molecule has 136 valence electrons. The molecule has 0 aliphatic rings. The Hall–Kier alpha value is -3.28. The maximum Gasteiger partial charge on any atom is 0.413 e. The molecule has 6 nitrogen and oxygen atoms in total. The first-order valence-electron chi connectivity index (χ1n) is 8.04. The topological polar surface area (TPSA) is 60.4 Å². The predicted molar refractivity (Wildman–Crippen MR) is 102 cm³/mol. The first-order chi connectivity index (χ1) is 12.7. The summed E-state index contributed by atoms with van der Waals surface area (Å²) in [4.78, 5) is 18.2. The Morgan fingerprint density at radius 2 is 2.04 bits per heavy atom. The van der Waals surface area contributed by atoms with Crippen LogP contribution in [0.2, 0.25) is 0 Å². The summed E-state index contributed by atoms with van der Waals surface area (Å²) in [7, 11) is 3.01. The van der Waals surface area contributed by atoms with Crippen molar-refractivity contribution in [1.82, 2.24) is 0 Å². The third kappa shape index (κ3) is 5.37. The summed E-state index contributed by atoms with van der Waals surface area (Å²) < 4.78 is 10.6. The van der Waals surface area contributed by atoms with Gasteiger partial charge in [-0.3, -0.25) is 4.90 Å². The minimum atomic E-state index is -0.435. The predicted octanol–water partition coefficient (Wildman–Crippen LogP) is 4.00. The zero-order valence-electron chi connectivity index (χ0n) is 14.9. The Morgan fingerprint density at radius 1 is 1.23 bits per heavy atom. The molecule has 0 radical (unpaired) electrons. The lowest BCUT2D eigenvalue weighted by molar-refractivity contribution is 0.176. The fourth-order valence-corrected chi connectivity index (χ4v) is 2.23. The Labute approximate surface area is 153 Å². The number of benzene rings is 2. The van der Waals surface area contributed by atoms with Crippen LogP contribution in [0, 0.1) is 0 Å². The number of nitrogens with zero attached hydrogens (tertiary/aromatic N) is 2. The van der Waals surface area contributed by atoms with Gasteiger partial charge in [-0.25, -0.2) is 4.79 Å². The smallest absolute Gasteiger partial charge is 0.413 e. The zero-order valence-corrected chi connectivity index (χ0v) is 14.9. The Balaban J connectivity index is 2.06. The summed E-state index contributed by atoms with van der Waals surface area (Å²) in [6.07, 6.45) is 2.80. The van der Waals surface area contributed by atoms with Crippen LogP contribution in [0.4, 0.5) is 10.5 Å². The Morgan fingerprint density at radius 3 is 2.81 bits per heavy atom. The molecular formula is C20H22N2O4. The van der Waals surface area contributed by atoms with Crippen LogP contribution in [-0.4, -0.2) is 33.1 Å². The monoisotopic (exact) mass is 354 g/mol. The van der Waals surface area contributed by atoms with Gasteiger partial charge in [-0.1, -0.05) is 48.1 Å². The number of amides is 1. The summed E-state index contributed by atoms with van der Waals surface area (Å²) in [5, 5.41) is 3.85. The molecule has 26 heavy (non-hydrogen) atoms.